The lowest BCUT2D eigenvalue weighted by molar-refractivity contribution is -0.136. The summed E-state index contributed by atoms with van der Waals surface area (Å²) < 4.78 is 1.65. The average Bonchev–Trinajstić information content (AvgIpc) is 2.75. The van der Waals surface area contributed by atoms with E-state index >= 15 is 0 Å². The first-order valence-corrected chi connectivity index (χ1v) is 7.31. The summed E-state index contributed by atoms with van der Waals surface area (Å²) in [4.78, 5) is 30.5. The van der Waals surface area contributed by atoms with Crippen molar-refractivity contribution in [3.63, 3.8) is 0 Å². The van der Waals surface area contributed by atoms with Crippen molar-refractivity contribution in [2.75, 3.05) is 0 Å². The van der Waals surface area contributed by atoms with E-state index in [-0.39, 0.29) is 17.9 Å². The highest BCUT2D eigenvalue weighted by Crippen LogP contribution is 2.18. The minimum absolute atomic E-state index is 0.0370. The van der Waals surface area contributed by atoms with Gasteiger partial charge < -0.3 is 10.2 Å². The molecule has 2 rings (SSSR count). The first-order valence-electron chi connectivity index (χ1n) is 7.31. The van der Waals surface area contributed by atoms with Crippen LogP contribution in [0.1, 0.15) is 39.4 Å². The van der Waals surface area contributed by atoms with E-state index in [0.717, 1.165) is 0 Å². The van der Waals surface area contributed by atoms with Gasteiger partial charge in [0.2, 0.25) is 11.8 Å². The minimum Gasteiger partial charge on any atom is -0.344 e. The molecule has 0 aromatic carbocycles. The van der Waals surface area contributed by atoms with Gasteiger partial charge in [0.1, 0.15) is 18.2 Å². The largest absolute Gasteiger partial charge is 0.344 e. The highest BCUT2D eigenvalue weighted by molar-refractivity contribution is 5.90. The van der Waals surface area contributed by atoms with Crippen molar-refractivity contribution >= 4 is 11.8 Å². The first kappa shape index (κ1) is 15.5. The van der Waals surface area contributed by atoms with E-state index in [4.69, 9.17) is 0 Å². The highest BCUT2D eigenvalue weighted by Gasteiger charge is 2.34. The number of carbonyl (C=O) groups is 2. The lowest BCUT2D eigenvalue weighted by Crippen LogP contribution is -2.46. The van der Waals surface area contributed by atoms with E-state index in [2.05, 4.69) is 15.4 Å². The zero-order chi connectivity index (χ0) is 15.6. The summed E-state index contributed by atoms with van der Waals surface area (Å²) in [6.07, 6.45) is 2.43. The number of amides is 2. The molecule has 116 valence electrons. The second kappa shape index (κ2) is 6.24. The summed E-state index contributed by atoms with van der Waals surface area (Å²) in [7, 11) is 1.80. The molecule has 2 atom stereocenters. The zero-order valence-electron chi connectivity index (χ0n) is 13.0. The second-order valence-corrected chi connectivity index (χ2v) is 6.07. The Morgan fingerprint density at radius 1 is 1.43 bits per heavy atom. The normalized spacial score (nSPS) is 23.4. The quantitative estimate of drug-likeness (QED) is 0.875. The summed E-state index contributed by atoms with van der Waals surface area (Å²) in [5, 5.41) is 6.86. The van der Waals surface area contributed by atoms with E-state index in [9.17, 15) is 9.59 Å². The Bertz CT molecular complexity index is 525. The molecule has 0 aliphatic carbocycles. The van der Waals surface area contributed by atoms with Crippen LogP contribution in [0.5, 0.6) is 0 Å². The standard InChI is InChI=1S/C14H23N5O2/c1-9(2)5-11-14(21)19(10(3)6-13(20)17-11)7-12-15-8-16-18(12)4/h8-11H,5-7H2,1-4H3,(H,17,20). The number of carbonyl (C=O) groups excluding carboxylic acids is 2. The summed E-state index contributed by atoms with van der Waals surface area (Å²) >= 11 is 0. The van der Waals surface area contributed by atoms with Gasteiger partial charge in [0, 0.05) is 19.5 Å². The van der Waals surface area contributed by atoms with Crippen molar-refractivity contribution < 1.29 is 9.59 Å². The minimum atomic E-state index is -0.448. The number of nitrogens with zero attached hydrogens (tertiary/aromatic N) is 4. The molecule has 0 saturated carbocycles. The molecule has 1 aliphatic rings. The van der Waals surface area contributed by atoms with Crippen LogP contribution in [0.3, 0.4) is 0 Å². The van der Waals surface area contributed by atoms with Crippen LogP contribution in [0.25, 0.3) is 0 Å². The van der Waals surface area contributed by atoms with Gasteiger partial charge >= 0.3 is 0 Å². The molecule has 1 aromatic rings. The van der Waals surface area contributed by atoms with Gasteiger partial charge in [-0.1, -0.05) is 13.8 Å². The Hall–Kier alpha value is -1.92. The lowest BCUT2D eigenvalue weighted by atomic mass is 10.0. The van der Waals surface area contributed by atoms with Gasteiger partial charge in [0.15, 0.2) is 0 Å². The van der Waals surface area contributed by atoms with Gasteiger partial charge in [-0.2, -0.15) is 5.10 Å². The SMILES string of the molecule is CC(C)CC1NC(=O)CC(C)N(Cc2ncnn2C)C1=O. The topological polar surface area (TPSA) is 80.1 Å². The molecule has 7 nitrogen and oxygen atoms in total. The highest BCUT2D eigenvalue weighted by atomic mass is 16.2. The molecule has 21 heavy (non-hydrogen) atoms. The first-order chi connectivity index (χ1) is 9.88. The van der Waals surface area contributed by atoms with Crippen molar-refractivity contribution in [1.29, 1.82) is 0 Å². The fraction of sp³-hybridized carbons (Fsp3) is 0.714. The third-order valence-electron chi connectivity index (χ3n) is 3.75. The molecule has 7 heteroatoms. The van der Waals surface area contributed by atoms with Gasteiger partial charge in [0.05, 0.1) is 6.54 Å². The molecule has 2 amide bonds. The summed E-state index contributed by atoms with van der Waals surface area (Å²) in [6.45, 7) is 6.35. The predicted molar refractivity (Wildman–Crippen MR) is 77.0 cm³/mol. The van der Waals surface area contributed by atoms with Crippen LogP contribution in [0.2, 0.25) is 0 Å². The third kappa shape index (κ3) is 3.59. The molecule has 1 aliphatic heterocycles. The number of hydrogen-bond donors (Lipinski definition) is 1. The van der Waals surface area contributed by atoms with Crippen molar-refractivity contribution in [3.8, 4) is 0 Å². The van der Waals surface area contributed by atoms with Crippen LogP contribution >= 0.6 is 0 Å². The van der Waals surface area contributed by atoms with Crippen molar-refractivity contribution in [1.82, 2.24) is 25.0 Å². The molecular formula is C14H23N5O2. The van der Waals surface area contributed by atoms with Crippen molar-refractivity contribution in [2.24, 2.45) is 13.0 Å². The Labute approximate surface area is 124 Å². The lowest BCUT2D eigenvalue weighted by Gasteiger charge is -2.28. The van der Waals surface area contributed by atoms with Crippen LogP contribution in [-0.4, -0.2) is 43.6 Å². The number of aromatic nitrogens is 3. The van der Waals surface area contributed by atoms with Crippen LogP contribution in [0.4, 0.5) is 0 Å². The Balaban J connectivity index is 2.21. The zero-order valence-corrected chi connectivity index (χ0v) is 13.0. The van der Waals surface area contributed by atoms with E-state index in [0.29, 0.717) is 31.1 Å². The fourth-order valence-electron chi connectivity index (χ4n) is 2.59. The Morgan fingerprint density at radius 2 is 2.14 bits per heavy atom. The van der Waals surface area contributed by atoms with Gasteiger partial charge in [-0.05, 0) is 19.3 Å². The fourth-order valence-corrected chi connectivity index (χ4v) is 2.59. The summed E-state index contributed by atoms with van der Waals surface area (Å²) in [6, 6.07) is -0.595. The average molecular weight is 293 g/mol. The van der Waals surface area contributed by atoms with Crippen molar-refractivity contribution in [2.45, 2.75) is 52.2 Å². The Kier molecular flexibility index (Phi) is 4.59. The number of aryl methyl sites for hydroxylation is 1. The van der Waals surface area contributed by atoms with E-state index in [1.54, 1.807) is 16.6 Å². The van der Waals surface area contributed by atoms with Gasteiger partial charge in [-0.25, -0.2) is 4.98 Å². The van der Waals surface area contributed by atoms with Crippen LogP contribution in [0, 0.1) is 5.92 Å². The maximum atomic E-state index is 12.7. The molecular weight excluding hydrogens is 270 g/mol. The van der Waals surface area contributed by atoms with Crippen LogP contribution in [0.15, 0.2) is 6.33 Å². The van der Waals surface area contributed by atoms with Gasteiger partial charge in [-0.15, -0.1) is 0 Å². The molecule has 1 N–H and O–H groups in total. The molecule has 0 spiro atoms. The van der Waals surface area contributed by atoms with E-state index in [1.807, 2.05) is 20.8 Å². The smallest absolute Gasteiger partial charge is 0.245 e. The molecule has 1 fully saturated rings. The number of nitrogens with one attached hydrogen (secondary N) is 1. The summed E-state index contributed by atoms with van der Waals surface area (Å²) in [5.41, 5.74) is 0. The van der Waals surface area contributed by atoms with Crippen LogP contribution in [-0.2, 0) is 23.2 Å². The monoisotopic (exact) mass is 293 g/mol. The molecule has 1 saturated heterocycles. The van der Waals surface area contributed by atoms with Crippen molar-refractivity contribution in [3.05, 3.63) is 12.2 Å². The Morgan fingerprint density at radius 3 is 2.71 bits per heavy atom. The number of rotatable bonds is 4. The maximum absolute atomic E-state index is 12.7. The molecule has 0 radical (unpaired) electrons. The molecule has 2 unspecified atom stereocenters. The van der Waals surface area contributed by atoms with Gasteiger partial charge in [-0.3, -0.25) is 14.3 Å². The third-order valence-corrected chi connectivity index (χ3v) is 3.75. The maximum Gasteiger partial charge on any atom is 0.245 e. The molecule has 0 bridgehead atoms. The number of hydrogen-bond acceptors (Lipinski definition) is 4. The van der Waals surface area contributed by atoms with E-state index < -0.39 is 6.04 Å². The summed E-state index contributed by atoms with van der Waals surface area (Å²) in [5.74, 6) is 0.948. The molecule has 2 heterocycles. The molecule has 1 aromatic heterocycles. The van der Waals surface area contributed by atoms with Gasteiger partial charge in [0.25, 0.3) is 0 Å². The van der Waals surface area contributed by atoms with Crippen LogP contribution < -0.4 is 5.32 Å². The van der Waals surface area contributed by atoms with E-state index in [1.165, 1.54) is 6.33 Å². The predicted octanol–water partition coefficient (Wildman–Crippen LogP) is 0.467. The second-order valence-electron chi connectivity index (χ2n) is 6.07.